The van der Waals surface area contributed by atoms with Crippen molar-refractivity contribution in [2.24, 2.45) is 0 Å². The van der Waals surface area contributed by atoms with Crippen LogP contribution in [-0.2, 0) is 14.3 Å². The number of amides is 1. The normalized spacial score (nSPS) is 24.3. The Bertz CT molecular complexity index is 978. The Hall–Kier alpha value is -2.93. The second kappa shape index (κ2) is 11.7. The molecule has 0 aliphatic carbocycles. The van der Waals surface area contributed by atoms with Crippen LogP contribution in [0.5, 0.6) is 5.75 Å². The predicted molar refractivity (Wildman–Crippen MR) is 116 cm³/mol. The number of rotatable bonds is 9. The summed E-state index contributed by atoms with van der Waals surface area (Å²) in [4.78, 5) is 24.0. The number of allylic oxidation sites excluding steroid dienone is 1. The molecule has 0 radical (unpaired) electrons. The number of phenolic OH excluding ortho intramolecular Hbond substituents is 1. The molecule has 1 amide bonds. The van der Waals surface area contributed by atoms with Crippen molar-refractivity contribution in [2.75, 3.05) is 6.61 Å². The van der Waals surface area contributed by atoms with Crippen LogP contribution in [0, 0.1) is 0 Å². The average Bonchev–Trinajstić information content (AvgIpc) is 2.79. The lowest BCUT2D eigenvalue weighted by Crippen LogP contribution is -2.57. The van der Waals surface area contributed by atoms with E-state index in [9.17, 15) is 43.2 Å². The van der Waals surface area contributed by atoms with Gasteiger partial charge in [-0.05, 0) is 31.6 Å². The molecular weight excluding hydrogens is 475 g/mol. The first-order valence-electron chi connectivity index (χ1n) is 10.7. The molecule has 0 bridgehead atoms. The number of hydrogen-bond acceptors (Lipinski definition) is 8. The lowest BCUT2D eigenvalue weighted by Gasteiger charge is -2.39. The number of para-hydroxylation sites is 1. The highest BCUT2D eigenvalue weighted by atomic mass is 19.4. The van der Waals surface area contributed by atoms with Gasteiger partial charge in [-0.2, -0.15) is 13.2 Å². The van der Waals surface area contributed by atoms with Crippen LogP contribution in [0.2, 0.25) is 0 Å². The van der Waals surface area contributed by atoms with Crippen LogP contribution in [0.15, 0.2) is 47.7 Å². The zero-order valence-electron chi connectivity index (χ0n) is 19.1. The Kier molecular flexibility index (Phi) is 9.44. The maximum absolute atomic E-state index is 12.7. The highest BCUT2D eigenvalue weighted by molar-refractivity contribution is 6.12. The van der Waals surface area contributed by atoms with E-state index in [0.717, 1.165) is 0 Å². The molecule has 1 saturated heterocycles. The lowest BCUT2D eigenvalue weighted by molar-refractivity contribution is -0.239. The van der Waals surface area contributed by atoms with Crippen molar-refractivity contribution in [1.29, 1.82) is 0 Å². The van der Waals surface area contributed by atoms with Gasteiger partial charge in [0.2, 0.25) is 0 Å². The Balaban J connectivity index is 2.22. The fourth-order valence-electron chi connectivity index (χ4n) is 3.54. The molecule has 2 unspecified atom stereocenters. The molecule has 0 spiro atoms. The molecular formula is C23H28F3NO8. The molecule has 1 aliphatic heterocycles. The summed E-state index contributed by atoms with van der Waals surface area (Å²) in [5.74, 6) is -3.87. The number of hydrogen-bond donors (Lipinski definition) is 5. The van der Waals surface area contributed by atoms with Crippen molar-refractivity contribution < 1.29 is 52.7 Å². The van der Waals surface area contributed by atoms with Crippen molar-refractivity contribution in [2.45, 2.75) is 63.5 Å². The third-order valence-corrected chi connectivity index (χ3v) is 5.55. The van der Waals surface area contributed by atoms with Crippen molar-refractivity contribution in [3.8, 4) is 5.75 Å². The average molecular weight is 503 g/mol. The zero-order valence-corrected chi connectivity index (χ0v) is 19.1. The fourth-order valence-corrected chi connectivity index (χ4v) is 3.54. The Morgan fingerprint density at radius 1 is 1.31 bits per heavy atom. The van der Waals surface area contributed by atoms with Crippen molar-refractivity contribution >= 4 is 11.7 Å². The number of halogens is 3. The van der Waals surface area contributed by atoms with E-state index >= 15 is 0 Å². The van der Waals surface area contributed by atoms with E-state index in [2.05, 4.69) is 6.58 Å². The van der Waals surface area contributed by atoms with Crippen LogP contribution < -0.4 is 5.32 Å². The number of Topliss-reactive ketones (excluding diaryl/α,β-unsaturated/α-hetero) is 1. The fraction of sp³-hybridized carbons (Fsp3) is 0.478. The molecule has 0 aromatic heterocycles. The monoisotopic (exact) mass is 503 g/mol. The number of nitrogens with one attached hydrogen (secondary N) is 1. The summed E-state index contributed by atoms with van der Waals surface area (Å²) in [5, 5.41) is 41.8. The molecule has 0 saturated carbocycles. The molecule has 5 N–H and O–H groups in total. The topological polar surface area (TPSA) is 146 Å². The van der Waals surface area contributed by atoms with E-state index in [-0.39, 0.29) is 35.3 Å². The first-order valence-corrected chi connectivity index (χ1v) is 10.7. The van der Waals surface area contributed by atoms with Gasteiger partial charge in [0.1, 0.15) is 17.6 Å². The van der Waals surface area contributed by atoms with Crippen LogP contribution in [-0.4, -0.2) is 75.5 Å². The number of aromatic hydroxyl groups is 1. The minimum Gasteiger partial charge on any atom is -0.507 e. The molecule has 1 aliphatic rings. The van der Waals surface area contributed by atoms with Gasteiger partial charge in [0, 0.05) is 19.4 Å². The summed E-state index contributed by atoms with van der Waals surface area (Å²) in [5.41, 5.74) is -0.400. The van der Waals surface area contributed by atoms with Gasteiger partial charge < -0.3 is 35.2 Å². The maximum atomic E-state index is 12.7. The summed E-state index contributed by atoms with van der Waals surface area (Å²) in [7, 11) is 0. The Morgan fingerprint density at radius 3 is 2.51 bits per heavy atom. The quantitative estimate of drug-likeness (QED) is 0.149. The number of ketones is 1. The number of carbonyl (C=O) groups excluding carboxylic acids is 2. The largest absolute Gasteiger partial charge is 0.507 e. The van der Waals surface area contributed by atoms with Crippen LogP contribution in [0.3, 0.4) is 0 Å². The highest BCUT2D eigenvalue weighted by Crippen LogP contribution is 2.29. The third-order valence-electron chi connectivity index (χ3n) is 5.55. The number of benzene rings is 1. The molecule has 35 heavy (non-hydrogen) atoms. The van der Waals surface area contributed by atoms with E-state index < -0.39 is 60.9 Å². The molecule has 1 aromatic rings. The standard InChI is InChI=1S/C23H28F3NO8/c1-11(19(30)12(2)20(31)14-6-4-5-7-16(14)29)17(8-9-28)35-18-10-15(21(32)13(3)34-18)27-22(33)23(24,25)26/h4-7,13,15,17-18,21,28-30,32H,2,8-10H2,1,3H3,(H,27,33)/b19-11-/t13?,15?,17-,18-,21+/m0/s1. The number of carbonyl (C=O) groups is 2. The molecule has 9 nitrogen and oxygen atoms in total. The molecule has 2 rings (SSSR count). The minimum atomic E-state index is -5.15. The van der Waals surface area contributed by atoms with E-state index in [1.165, 1.54) is 38.1 Å². The smallest absolute Gasteiger partial charge is 0.471 e. The van der Waals surface area contributed by atoms with Gasteiger partial charge in [-0.25, -0.2) is 0 Å². The molecule has 1 fully saturated rings. The van der Waals surface area contributed by atoms with E-state index in [1.54, 1.807) is 5.32 Å². The molecule has 1 aromatic carbocycles. The van der Waals surface area contributed by atoms with Crippen molar-refractivity contribution in [3.05, 3.63) is 53.3 Å². The molecule has 12 heteroatoms. The number of phenols is 1. The van der Waals surface area contributed by atoms with Gasteiger partial charge in [-0.3, -0.25) is 9.59 Å². The summed E-state index contributed by atoms with van der Waals surface area (Å²) in [6.07, 6.45) is -10.4. The van der Waals surface area contributed by atoms with E-state index in [4.69, 9.17) is 9.47 Å². The summed E-state index contributed by atoms with van der Waals surface area (Å²) >= 11 is 0. The lowest BCUT2D eigenvalue weighted by atomic mass is 9.97. The van der Waals surface area contributed by atoms with E-state index in [1.807, 2.05) is 0 Å². The van der Waals surface area contributed by atoms with Crippen LogP contribution in [0.25, 0.3) is 0 Å². The Morgan fingerprint density at radius 2 is 1.94 bits per heavy atom. The van der Waals surface area contributed by atoms with Crippen molar-refractivity contribution in [1.82, 2.24) is 5.32 Å². The highest BCUT2D eigenvalue weighted by Gasteiger charge is 2.44. The SMILES string of the molecule is C=C(C(=O)c1ccccc1O)/C(O)=C(\C)[C@H](CCO)O[C@H]1CC(NC(=O)C(F)(F)F)[C@H](O)C(C)O1. The first-order chi connectivity index (χ1) is 16.3. The number of aliphatic hydroxyl groups excluding tert-OH is 3. The predicted octanol–water partition coefficient (Wildman–Crippen LogP) is 2.27. The van der Waals surface area contributed by atoms with Gasteiger partial charge in [0.05, 0.1) is 29.4 Å². The summed E-state index contributed by atoms with van der Waals surface area (Å²) < 4.78 is 49.2. The summed E-state index contributed by atoms with van der Waals surface area (Å²) in [6, 6.07) is 4.30. The van der Waals surface area contributed by atoms with E-state index in [0.29, 0.717) is 0 Å². The van der Waals surface area contributed by atoms with Crippen LogP contribution >= 0.6 is 0 Å². The number of ether oxygens (including phenoxy) is 2. The molecule has 1 heterocycles. The second-order valence-corrected chi connectivity index (χ2v) is 8.07. The Labute approximate surface area is 199 Å². The third kappa shape index (κ3) is 7.04. The van der Waals surface area contributed by atoms with Gasteiger partial charge in [-0.15, -0.1) is 0 Å². The molecule has 194 valence electrons. The number of alkyl halides is 3. The summed E-state index contributed by atoms with van der Waals surface area (Å²) in [6.45, 7) is 5.91. The van der Waals surface area contributed by atoms with Gasteiger partial charge >= 0.3 is 12.1 Å². The number of aliphatic hydroxyl groups is 3. The van der Waals surface area contributed by atoms with Crippen LogP contribution in [0.1, 0.15) is 37.0 Å². The van der Waals surface area contributed by atoms with Crippen LogP contribution in [0.4, 0.5) is 13.2 Å². The maximum Gasteiger partial charge on any atom is 0.471 e. The second-order valence-electron chi connectivity index (χ2n) is 8.07. The van der Waals surface area contributed by atoms with Gasteiger partial charge in [-0.1, -0.05) is 18.7 Å². The zero-order chi connectivity index (χ0) is 26.5. The van der Waals surface area contributed by atoms with Gasteiger partial charge in [0.25, 0.3) is 0 Å². The molecule has 5 atom stereocenters. The first kappa shape index (κ1) is 28.3. The van der Waals surface area contributed by atoms with Gasteiger partial charge in [0.15, 0.2) is 12.1 Å². The van der Waals surface area contributed by atoms with Crippen molar-refractivity contribution in [3.63, 3.8) is 0 Å². The minimum absolute atomic E-state index is 0.0612.